The molecule has 0 bridgehead atoms. The molecule has 0 aliphatic heterocycles. The molecule has 0 radical (unpaired) electrons. The summed E-state index contributed by atoms with van der Waals surface area (Å²) in [6, 6.07) is 9.07. The van der Waals surface area contributed by atoms with Crippen molar-refractivity contribution in [2.24, 2.45) is 0 Å². The number of rotatable bonds is 2. The number of aryl methyl sites for hydroxylation is 2. The molecule has 3 aromatic rings. The van der Waals surface area contributed by atoms with Crippen molar-refractivity contribution in [1.29, 1.82) is 0 Å². The minimum atomic E-state index is -0.0603. The van der Waals surface area contributed by atoms with Crippen LogP contribution in [0.2, 0.25) is 5.02 Å². The molecule has 0 atom stereocenters. The minimum absolute atomic E-state index is 0.0603. The van der Waals surface area contributed by atoms with Crippen molar-refractivity contribution in [3.05, 3.63) is 57.6 Å². The number of hydrogen-bond acceptors (Lipinski definition) is 2. The number of benzene rings is 1. The Labute approximate surface area is 121 Å². The quantitative estimate of drug-likeness (QED) is 0.726. The lowest BCUT2D eigenvalue weighted by Gasteiger charge is -2.08. The number of aromatic nitrogens is 3. The van der Waals surface area contributed by atoms with Gasteiger partial charge in [-0.05, 0) is 26.0 Å². The van der Waals surface area contributed by atoms with E-state index < -0.39 is 0 Å². The van der Waals surface area contributed by atoms with E-state index in [1.165, 1.54) is 0 Å². The standard InChI is InChI=1S/C15H14ClN3O/c1-3-18-10(2)8-14(20)19-9-13(17-15(18)19)11-4-6-12(16)7-5-11/h4-9H,3H2,1-2H3. The fourth-order valence-electron chi connectivity index (χ4n) is 2.36. The molecule has 2 aromatic heterocycles. The molecule has 0 saturated carbocycles. The molecule has 0 aliphatic rings. The summed E-state index contributed by atoms with van der Waals surface area (Å²) in [6.45, 7) is 4.72. The van der Waals surface area contributed by atoms with Gasteiger partial charge in [-0.15, -0.1) is 0 Å². The fraction of sp³-hybridized carbons (Fsp3) is 0.200. The summed E-state index contributed by atoms with van der Waals surface area (Å²) in [5.41, 5.74) is 2.57. The molecular weight excluding hydrogens is 274 g/mol. The van der Waals surface area contributed by atoms with Crippen LogP contribution in [0.4, 0.5) is 0 Å². The summed E-state index contributed by atoms with van der Waals surface area (Å²) in [5.74, 6) is 0.669. The van der Waals surface area contributed by atoms with Gasteiger partial charge < -0.3 is 4.57 Å². The third kappa shape index (κ3) is 2.02. The zero-order valence-electron chi connectivity index (χ0n) is 11.3. The Morgan fingerprint density at radius 1 is 1.25 bits per heavy atom. The van der Waals surface area contributed by atoms with Gasteiger partial charge in [-0.2, -0.15) is 0 Å². The molecule has 0 saturated heterocycles. The van der Waals surface area contributed by atoms with E-state index in [-0.39, 0.29) is 5.56 Å². The van der Waals surface area contributed by atoms with Crippen LogP contribution in [0.1, 0.15) is 12.6 Å². The van der Waals surface area contributed by atoms with Crippen molar-refractivity contribution in [3.8, 4) is 11.3 Å². The lowest BCUT2D eigenvalue weighted by atomic mass is 10.2. The first kappa shape index (κ1) is 12.9. The summed E-state index contributed by atoms with van der Waals surface area (Å²) in [4.78, 5) is 16.6. The van der Waals surface area contributed by atoms with Crippen molar-refractivity contribution in [2.45, 2.75) is 20.4 Å². The number of nitrogens with zero attached hydrogens (tertiary/aromatic N) is 3. The van der Waals surface area contributed by atoms with E-state index in [2.05, 4.69) is 4.98 Å². The van der Waals surface area contributed by atoms with Gasteiger partial charge in [-0.1, -0.05) is 23.7 Å². The van der Waals surface area contributed by atoms with Gasteiger partial charge in [-0.3, -0.25) is 9.20 Å². The van der Waals surface area contributed by atoms with Gasteiger partial charge in [-0.25, -0.2) is 4.98 Å². The molecule has 0 spiro atoms. The van der Waals surface area contributed by atoms with E-state index in [0.717, 1.165) is 23.5 Å². The monoisotopic (exact) mass is 287 g/mol. The molecule has 0 unspecified atom stereocenters. The average molecular weight is 288 g/mol. The summed E-state index contributed by atoms with van der Waals surface area (Å²) in [7, 11) is 0. The largest absolute Gasteiger partial charge is 0.316 e. The fourth-order valence-corrected chi connectivity index (χ4v) is 2.48. The van der Waals surface area contributed by atoms with Crippen LogP contribution in [-0.2, 0) is 6.54 Å². The van der Waals surface area contributed by atoms with Crippen molar-refractivity contribution in [2.75, 3.05) is 0 Å². The molecule has 2 heterocycles. The number of hydrogen-bond donors (Lipinski definition) is 0. The van der Waals surface area contributed by atoms with Crippen molar-refractivity contribution >= 4 is 17.4 Å². The Kier molecular flexibility index (Phi) is 3.10. The van der Waals surface area contributed by atoms with Gasteiger partial charge in [0.25, 0.3) is 5.56 Å². The molecule has 0 aliphatic carbocycles. The lowest BCUT2D eigenvalue weighted by molar-refractivity contribution is 0.721. The molecule has 20 heavy (non-hydrogen) atoms. The molecule has 0 N–H and O–H groups in total. The van der Waals surface area contributed by atoms with Crippen molar-refractivity contribution in [3.63, 3.8) is 0 Å². The van der Waals surface area contributed by atoms with Crippen LogP contribution in [0.25, 0.3) is 17.0 Å². The van der Waals surface area contributed by atoms with E-state index in [0.29, 0.717) is 10.8 Å². The summed E-state index contributed by atoms with van der Waals surface area (Å²) < 4.78 is 3.60. The van der Waals surface area contributed by atoms with Crippen LogP contribution in [0, 0.1) is 6.92 Å². The van der Waals surface area contributed by atoms with E-state index in [1.54, 1.807) is 16.7 Å². The highest BCUT2D eigenvalue weighted by atomic mass is 35.5. The molecule has 1 aromatic carbocycles. The van der Waals surface area contributed by atoms with Crippen LogP contribution in [0.3, 0.4) is 0 Å². The maximum atomic E-state index is 12.1. The van der Waals surface area contributed by atoms with Crippen LogP contribution < -0.4 is 5.56 Å². The Morgan fingerprint density at radius 3 is 2.60 bits per heavy atom. The normalized spacial score (nSPS) is 11.2. The summed E-state index contributed by atoms with van der Waals surface area (Å²) in [5, 5.41) is 0.682. The topological polar surface area (TPSA) is 39.3 Å². The minimum Gasteiger partial charge on any atom is -0.316 e. The van der Waals surface area contributed by atoms with E-state index in [1.807, 2.05) is 42.7 Å². The smallest absolute Gasteiger partial charge is 0.259 e. The molecule has 102 valence electrons. The predicted molar refractivity (Wildman–Crippen MR) is 80.3 cm³/mol. The van der Waals surface area contributed by atoms with Gasteiger partial charge in [0.15, 0.2) is 0 Å². The number of fused-ring (bicyclic) bond motifs is 1. The van der Waals surface area contributed by atoms with Gasteiger partial charge in [0.2, 0.25) is 5.78 Å². The summed E-state index contributed by atoms with van der Waals surface area (Å²) in [6.07, 6.45) is 1.77. The van der Waals surface area contributed by atoms with Crippen LogP contribution >= 0.6 is 11.6 Å². The molecule has 5 heteroatoms. The zero-order chi connectivity index (χ0) is 14.3. The molecular formula is C15H14ClN3O. The highest BCUT2D eigenvalue weighted by Crippen LogP contribution is 2.21. The number of halogens is 1. The highest BCUT2D eigenvalue weighted by Gasteiger charge is 2.10. The van der Waals surface area contributed by atoms with E-state index in [4.69, 9.17) is 11.6 Å². The van der Waals surface area contributed by atoms with Gasteiger partial charge >= 0.3 is 0 Å². The van der Waals surface area contributed by atoms with Crippen molar-refractivity contribution in [1.82, 2.24) is 14.0 Å². The second kappa shape index (κ2) is 4.80. The van der Waals surface area contributed by atoms with Crippen LogP contribution in [0.5, 0.6) is 0 Å². The Balaban J connectivity index is 2.27. The molecule has 0 fully saturated rings. The van der Waals surface area contributed by atoms with Gasteiger partial charge in [0.05, 0.1) is 5.69 Å². The second-order valence-electron chi connectivity index (χ2n) is 4.67. The summed E-state index contributed by atoms with van der Waals surface area (Å²) >= 11 is 5.89. The third-order valence-corrected chi connectivity index (χ3v) is 3.63. The maximum absolute atomic E-state index is 12.1. The van der Waals surface area contributed by atoms with Crippen molar-refractivity contribution < 1.29 is 0 Å². The molecule has 0 amide bonds. The molecule has 3 rings (SSSR count). The molecule has 4 nitrogen and oxygen atoms in total. The first-order valence-corrected chi connectivity index (χ1v) is 6.83. The van der Waals surface area contributed by atoms with Crippen LogP contribution in [-0.4, -0.2) is 14.0 Å². The predicted octanol–water partition coefficient (Wildman–Crippen LogP) is 3.14. The lowest BCUT2D eigenvalue weighted by Crippen LogP contribution is -2.18. The van der Waals surface area contributed by atoms with E-state index in [9.17, 15) is 4.79 Å². The average Bonchev–Trinajstić information content (AvgIpc) is 2.85. The first-order chi connectivity index (χ1) is 9.60. The van der Waals surface area contributed by atoms with E-state index >= 15 is 0 Å². The SMILES string of the molecule is CCn1c(C)cc(=O)n2cc(-c3ccc(Cl)cc3)nc12. The Hall–Kier alpha value is -2.07. The van der Waals surface area contributed by atoms with Crippen LogP contribution in [0.15, 0.2) is 41.3 Å². The highest BCUT2D eigenvalue weighted by molar-refractivity contribution is 6.30. The second-order valence-corrected chi connectivity index (χ2v) is 5.11. The van der Waals surface area contributed by atoms with Gasteiger partial charge in [0.1, 0.15) is 0 Å². The number of imidazole rings is 1. The van der Waals surface area contributed by atoms with Gasteiger partial charge in [0, 0.05) is 35.1 Å². The zero-order valence-corrected chi connectivity index (χ0v) is 12.1. The Bertz CT molecular complexity index is 831. The third-order valence-electron chi connectivity index (χ3n) is 3.38. The maximum Gasteiger partial charge on any atom is 0.259 e. The Morgan fingerprint density at radius 2 is 1.95 bits per heavy atom. The first-order valence-electron chi connectivity index (χ1n) is 6.45.